The summed E-state index contributed by atoms with van der Waals surface area (Å²) in [6.45, 7) is 0. The Balaban J connectivity index is 1.91. The van der Waals surface area contributed by atoms with Crippen molar-refractivity contribution in [2.45, 2.75) is 18.9 Å². The zero-order valence-corrected chi connectivity index (χ0v) is 11.7. The SMILES string of the molecule is Oc1ccc2c(c1)CCC2Nc1c(Cl)cccc1Cl. The van der Waals surface area contributed by atoms with Crippen LogP contribution in [-0.4, -0.2) is 5.11 Å². The van der Waals surface area contributed by atoms with Crippen molar-refractivity contribution in [2.75, 3.05) is 5.32 Å². The maximum absolute atomic E-state index is 9.50. The standard InChI is InChI=1S/C15H13Cl2NO/c16-12-2-1-3-13(17)15(12)18-14-7-4-9-8-10(19)5-6-11(9)14/h1-3,5-6,8,14,18-19H,4,7H2. The minimum absolute atomic E-state index is 0.188. The highest BCUT2D eigenvalue weighted by atomic mass is 35.5. The van der Waals surface area contributed by atoms with E-state index in [2.05, 4.69) is 5.32 Å². The lowest BCUT2D eigenvalue weighted by atomic mass is 10.1. The zero-order chi connectivity index (χ0) is 13.4. The second-order valence-corrected chi connectivity index (χ2v) is 5.53. The summed E-state index contributed by atoms with van der Waals surface area (Å²) in [6.07, 6.45) is 1.92. The van der Waals surface area contributed by atoms with Crippen molar-refractivity contribution in [3.63, 3.8) is 0 Å². The number of rotatable bonds is 2. The van der Waals surface area contributed by atoms with Crippen molar-refractivity contribution < 1.29 is 5.11 Å². The minimum atomic E-state index is 0.188. The topological polar surface area (TPSA) is 32.3 Å². The number of phenolic OH excluding ortho intramolecular Hbond substituents is 1. The number of hydrogen-bond acceptors (Lipinski definition) is 2. The molecule has 3 rings (SSSR count). The first kappa shape index (κ1) is 12.6. The third-order valence-corrected chi connectivity index (χ3v) is 4.12. The predicted octanol–water partition coefficient (Wildman–Crippen LogP) is 4.80. The molecule has 0 amide bonds. The molecule has 0 saturated heterocycles. The number of phenols is 1. The minimum Gasteiger partial charge on any atom is -0.508 e. The van der Waals surface area contributed by atoms with Crippen molar-refractivity contribution in [3.05, 3.63) is 57.6 Å². The van der Waals surface area contributed by atoms with Crippen LogP contribution in [0.15, 0.2) is 36.4 Å². The number of halogens is 2. The molecule has 0 fully saturated rings. The largest absolute Gasteiger partial charge is 0.508 e. The van der Waals surface area contributed by atoms with Crippen LogP contribution in [0.1, 0.15) is 23.6 Å². The van der Waals surface area contributed by atoms with Gasteiger partial charge in [-0.2, -0.15) is 0 Å². The number of aryl methyl sites for hydroxylation is 1. The Morgan fingerprint density at radius 1 is 1.11 bits per heavy atom. The molecule has 2 aromatic carbocycles. The van der Waals surface area contributed by atoms with Gasteiger partial charge in [-0.3, -0.25) is 0 Å². The predicted molar refractivity (Wildman–Crippen MR) is 79.3 cm³/mol. The van der Waals surface area contributed by atoms with Gasteiger partial charge in [-0.05, 0) is 48.2 Å². The molecule has 2 nitrogen and oxygen atoms in total. The fraction of sp³-hybridized carbons (Fsp3) is 0.200. The molecule has 98 valence electrons. The van der Waals surface area contributed by atoms with E-state index in [1.165, 1.54) is 11.1 Å². The van der Waals surface area contributed by atoms with Crippen LogP contribution >= 0.6 is 23.2 Å². The second kappa shape index (κ2) is 4.95. The van der Waals surface area contributed by atoms with E-state index in [0.717, 1.165) is 18.5 Å². The molecule has 0 heterocycles. The van der Waals surface area contributed by atoms with Crippen molar-refractivity contribution in [1.82, 2.24) is 0 Å². The Kier molecular flexibility index (Phi) is 3.29. The molecule has 1 atom stereocenters. The summed E-state index contributed by atoms with van der Waals surface area (Å²) in [5.74, 6) is 0.315. The summed E-state index contributed by atoms with van der Waals surface area (Å²) in [5, 5.41) is 14.2. The summed E-state index contributed by atoms with van der Waals surface area (Å²) >= 11 is 12.3. The van der Waals surface area contributed by atoms with Crippen molar-refractivity contribution in [3.8, 4) is 5.75 Å². The average molecular weight is 294 g/mol. The lowest BCUT2D eigenvalue weighted by Crippen LogP contribution is -2.07. The Labute approximate surface area is 122 Å². The van der Waals surface area contributed by atoms with Crippen LogP contribution in [0, 0.1) is 0 Å². The Morgan fingerprint density at radius 2 is 1.84 bits per heavy atom. The fourth-order valence-electron chi connectivity index (χ4n) is 2.56. The van der Waals surface area contributed by atoms with Gasteiger partial charge in [-0.1, -0.05) is 35.3 Å². The van der Waals surface area contributed by atoms with Gasteiger partial charge in [0, 0.05) is 0 Å². The molecule has 0 saturated carbocycles. The summed E-state index contributed by atoms with van der Waals surface area (Å²) < 4.78 is 0. The summed E-state index contributed by atoms with van der Waals surface area (Å²) in [5.41, 5.74) is 3.16. The quantitative estimate of drug-likeness (QED) is 0.834. The number of benzene rings is 2. The average Bonchev–Trinajstić information content (AvgIpc) is 2.76. The number of aromatic hydroxyl groups is 1. The number of hydrogen-bond donors (Lipinski definition) is 2. The summed E-state index contributed by atoms with van der Waals surface area (Å²) in [6, 6.07) is 11.2. The highest BCUT2D eigenvalue weighted by molar-refractivity contribution is 6.39. The van der Waals surface area contributed by atoms with Crippen LogP contribution in [0.2, 0.25) is 10.0 Å². The van der Waals surface area contributed by atoms with Gasteiger partial charge in [0.25, 0.3) is 0 Å². The van der Waals surface area contributed by atoms with E-state index in [4.69, 9.17) is 23.2 Å². The third kappa shape index (κ3) is 2.38. The molecular weight excluding hydrogens is 281 g/mol. The van der Waals surface area contributed by atoms with Crippen LogP contribution < -0.4 is 5.32 Å². The zero-order valence-electron chi connectivity index (χ0n) is 10.2. The van der Waals surface area contributed by atoms with Gasteiger partial charge in [-0.25, -0.2) is 0 Å². The first-order valence-electron chi connectivity index (χ1n) is 6.17. The number of para-hydroxylation sites is 1. The van der Waals surface area contributed by atoms with Gasteiger partial charge in [-0.15, -0.1) is 0 Å². The smallest absolute Gasteiger partial charge is 0.115 e. The molecule has 4 heteroatoms. The normalized spacial score (nSPS) is 17.3. The van der Waals surface area contributed by atoms with Crippen LogP contribution in [0.4, 0.5) is 5.69 Å². The first-order chi connectivity index (χ1) is 9.15. The van der Waals surface area contributed by atoms with Crippen molar-refractivity contribution in [2.24, 2.45) is 0 Å². The third-order valence-electron chi connectivity index (χ3n) is 3.49. The van der Waals surface area contributed by atoms with Gasteiger partial charge in [0.1, 0.15) is 5.75 Å². The maximum Gasteiger partial charge on any atom is 0.115 e. The molecular formula is C15H13Cl2NO. The monoisotopic (exact) mass is 293 g/mol. The van der Waals surface area contributed by atoms with Crippen LogP contribution in [0.3, 0.4) is 0 Å². The molecule has 0 radical (unpaired) electrons. The molecule has 2 N–H and O–H groups in total. The van der Waals surface area contributed by atoms with E-state index in [-0.39, 0.29) is 6.04 Å². The van der Waals surface area contributed by atoms with Gasteiger partial charge >= 0.3 is 0 Å². The number of fused-ring (bicyclic) bond motifs is 1. The summed E-state index contributed by atoms with van der Waals surface area (Å²) in [4.78, 5) is 0. The number of anilines is 1. The Hall–Kier alpha value is -1.38. The fourth-order valence-corrected chi connectivity index (χ4v) is 3.07. The molecule has 1 aliphatic carbocycles. The van der Waals surface area contributed by atoms with E-state index in [0.29, 0.717) is 15.8 Å². The van der Waals surface area contributed by atoms with Gasteiger partial charge in [0.2, 0.25) is 0 Å². The molecule has 0 spiro atoms. The van der Waals surface area contributed by atoms with E-state index in [1.54, 1.807) is 6.07 Å². The maximum atomic E-state index is 9.50. The van der Waals surface area contributed by atoms with Gasteiger partial charge in [0.15, 0.2) is 0 Å². The van der Waals surface area contributed by atoms with Crippen molar-refractivity contribution in [1.29, 1.82) is 0 Å². The lowest BCUT2D eigenvalue weighted by Gasteiger charge is -2.17. The molecule has 2 aromatic rings. The van der Waals surface area contributed by atoms with Gasteiger partial charge < -0.3 is 10.4 Å². The molecule has 19 heavy (non-hydrogen) atoms. The highest BCUT2D eigenvalue weighted by Crippen LogP contribution is 2.39. The van der Waals surface area contributed by atoms with E-state index in [9.17, 15) is 5.11 Å². The Morgan fingerprint density at radius 3 is 2.58 bits per heavy atom. The van der Waals surface area contributed by atoms with Crippen LogP contribution in [0.5, 0.6) is 5.75 Å². The molecule has 0 aliphatic heterocycles. The first-order valence-corrected chi connectivity index (χ1v) is 6.93. The molecule has 0 aromatic heterocycles. The van der Waals surface area contributed by atoms with E-state index >= 15 is 0 Å². The van der Waals surface area contributed by atoms with Crippen LogP contribution in [0.25, 0.3) is 0 Å². The Bertz CT molecular complexity index is 607. The van der Waals surface area contributed by atoms with E-state index in [1.807, 2.05) is 30.3 Å². The van der Waals surface area contributed by atoms with Gasteiger partial charge in [0.05, 0.1) is 21.8 Å². The summed E-state index contributed by atoms with van der Waals surface area (Å²) in [7, 11) is 0. The lowest BCUT2D eigenvalue weighted by molar-refractivity contribution is 0.474. The second-order valence-electron chi connectivity index (χ2n) is 4.72. The molecule has 0 bridgehead atoms. The number of nitrogens with one attached hydrogen (secondary N) is 1. The molecule has 1 unspecified atom stereocenters. The highest BCUT2D eigenvalue weighted by Gasteiger charge is 2.23. The molecule has 1 aliphatic rings. The van der Waals surface area contributed by atoms with Crippen LogP contribution in [-0.2, 0) is 6.42 Å². The van der Waals surface area contributed by atoms with E-state index < -0.39 is 0 Å². The van der Waals surface area contributed by atoms with Crippen molar-refractivity contribution >= 4 is 28.9 Å².